The van der Waals surface area contributed by atoms with Gasteiger partial charge in [-0.1, -0.05) is 41.7 Å². The zero-order valence-corrected chi connectivity index (χ0v) is 21.5. The van der Waals surface area contributed by atoms with Gasteiger partial charge in [-0.3, -0.25) is 9.69 Å². The van der Waals surface area contributed by atoms with E-state index >= 15 is 0 Å². The van der Waals surface area contributed by atoms with E-state index in [0.717, 1.165) is 10.6 Å². The molecular formula is C24H25N5O5S2. The Balaban J connectivity index is 1.30. The zero-order chi connectivity index (χ0) is 25.3. The Bertz CT molecular complexity index is 1540. The lowest BCUT2D eigenvalue weighted by atomic mass is 10.2. The summed E-state index contributed by atoms with van der Waals surface area (Å²) in [4.78, 5) is 20.0. The van der Waals surface area contributed by atoms with Crippen LogP contribution in [0.4, 0.5) is 0 Å². The summed E-state index contributed by atoms with van der Waals surface area (Å²) >= 11 is 1.36. The first-order valence-corrected chi connectivity index (χ1v) is 13.5. The van der Waals surface area contributed by atoms with Gasteiger partial charge in [0.2, 0.25) is 15.0 Å². The maximum absolute atomic E-state index is 13.3. The highest BCUT2D eigenvalue weighted by Gasteiger charge is 2.31. The minimum Gasteiger partial charge on any atom is -0.497 e. The lowest BCUT2D eigenvalue weighted by molar-refractivity contribution is 0.179. The van der Waals surface area contributed by atoms with Crippen LogP contribution in [0.15, 0.2) is 64.3 Å². The van der Waals surface area contributed by atoms with Crippen LogP contribution in [-0.2, 0) is 16.6 Å². The maximum atomic E-state index is 13.3. The van der Waals surface area contributed by atoms with Crippen molar-refractivity contribution in [2.24, 2.45) is 0 Å². The van der Waals surface area contributed by atoms with E-state index in [4.69, 9.17) is 9.47 Å². The van der Waals surface area contributed by atoms with E-state index in [-0.39, 0.29) is 16.2 Å². The molecule has 0 spiro atoms. The van der Waals surface area contributed by atoms with Gasteiger partial charge >= 0.3 is 0 Å². The standard InChI is InChI=1S/C24H25N5O5S2/c1-33-19-8-9-20(34-2)21(15-19)36(31,32)28-12-10-27(11-13-28)16-18-14-22(30)29-24(25-18)35-23(26-29)17-6-4-3-5-7-17/h3-9,14-15H,10-13,16H2,1-2H3. The third kappa shape index (κ3) is 4.72. The van der Waals surface area contributed by atoms with Crippen molar-refractivity contribution in [2.45, 2.75) is 11.4 Å². The van der Waals surface area contributed by atoms with E-state index in [1.165, 1.54) is 46.5 Å². The number of methoxy groups -OCH3 is 2. The number of aromatic nitrogens is 3. The Morgan fingerprint density at radius 1 is 0.972 bits per heavy atom. The molecular weight excluding hydrogens is 502 g/mol. The molecule has 0 saturated carbocycles. The van der Waals surface area contributed by atoms with Crippen LogP contribution in [0.3, 0.4) is 0 Å². The third-order valence-electron chi connectivity index (χ3n) is 6.02. The number of benzene rings is 2. The topological polar surface area (TPSA) is 106 Å². The number of rotatable bonds is 7. The van der Waals surface area contributed by atoms with Gasteiger partial charge < -0.3 is 9.47 Å². The molecule has 1 aliphatic heterocycles. The largest absolute Gasteiger partial charge is 0.497 e. The summed E-state index contributed by atoms with van der Waals surface area (Å²) in [5, 5.41) is 5.14. The second-order valence-electron chi connectivity index (χ2n) is 8.25. The highest BCUT2D eigenvalue weighted by molar-refractivity contribution is 7.89. The van der Waals surface area contributed by atoms with Crippen molar-refractivity contribution in [3.05, 3.63) is 70.6 Å². The molecule has 188 valence electrons. The van der Waals surface area contributed by atoms with Crippen molar-refractivity contribution in [1.29, 1.82) is 0 Å². The molecule has 1 saturated heterocycles. The van der Waals surface area contributed by atoms with Crippen LogP contribution in [0.25, 0.3) is 15.5 Å². The fourth-order valence-corrected chi connectivity index (χ4v) is 6.64. The molecule has 5 rings (SSSR count). The van der Waals surface area contributed by atoms with Crippen LogP contribution in [0, 0.1) is 0 Å². The fourth-order valence-electron chi connectivity index (χ4n) is 4.12. The molecule has 0 radical (unpaired) electrons. The van der Waals surface area contributed by atoms with Crippen molar-refractivity contribution >= 4 is 26.3 Å². The van der Waals surface area contributed by atoms with Crippen molar-refractivity contribution in [3.63, 3.8) is 0 Å². The van der Waals surface area contributed by atoms with Crippen LogP contribution < -0.4 is 15.0 Å². The van der Waals surface area contributed by atoms with E-state index < -0.39 is 10.0 Å². The first-order valence-electron chi connectivity index (χ1n) is 11.3. The number of piperazine rings is 1. The van der Waals surface area contributed by atoms with Crippen molar-refractivity contribution in [2.75, 3.05) is 40.4 Å². The Morgan fingerprint density at radius 3 is 2.42 bits per heavy atom. The van der Waals surface area contributed by atoms with Crippen LogP contribution in [0.5, 0.6) is 11.5 Å². The first kappa shape index (κ1) is 24.4. The number of fused-ring (bicyclic) bond motifs is 1. The van der Waals surface area contributed by atoms with Gasteiger partial charge in [0.1, 0.15) is 21.4 Å². The maximum Gasteiger partial charge on any atom is 0.275 e. The van der Waals surface area contributed by atoms with E-state index in [9.17, 15) is 13.2 Å². The van der Waals surface area contributed by atoms with E-state index in [1.54, 1.807) is 12.1 Å². The molecule has 0 bridgehead atoms. The zero-order valence-electron chi connectivity index (χ0n) is 19.8. The van der Waals surface area contributed by atoms with E-state index in [0.29, 0.717) is 49.1 Å². The highest BCUT2D eigenvalue weighted by Crippen LogP contribution is 2.31. The Kier molecular flexibility index (Phi) is 6.75. The SMILES string of the molecule is COc1ccc(OC)c(S(=O)(=O)N2CCN(Cc3cc(=O)n4nc(-c5ccccc5)sc4n3)CC2)c1. The minimum atomic E-state index is -3.77. The fraction of sp³-hybridized carbons (Fsp3) is 0.292. The van der Waals surface area contributed by atoms with Crippen LogP contribution >= 0.6 is 11.3 Å². The number of ether oxygens (including phenoxy) is 2. The Hall–Kier alpha value is -3.32. The molecule has 2 aromatic heterocycles. The van der Waals surface area contributed by atoms with Crippen molar-refractivity contribution < 1.29 is 17.9 Å². The first-order chi connectivity index (χ1) is 17.4. The average molecular weight is 528 g/mol. The van der Waals surface area contributed by atoms with Gasteiger partial charge in [0.25, 0.3) is 5.56 Å². The summed E-state index contributed by atoms with van der Waals surface area (Å²) in [6, 6.07) is 15.9. The second kappa shape index (κ2) is 9.97. The molecule has 3 heterocycles. The molecule has 1 fully saturated rings. The van der Waals surface area contributed by atoms with Crippen LogP contribution in [0.2, 0.25) is 0 Å². The van der Waals surface area contributed by atoms with Gasteiger partial charge in [-0.25, -0.2) is 13.4 Å². The number of sulfonamides is 1. The molecule has 2 aromatic carbocycles. The average Bonchev–Trinajstić information content (AvgIpc) is 3.34. The summed E-state index contributed by atoms with van der Waals surface area (Å²) in [5.41, 5.74) is 1.33. The molecule has 0 unspecified atom stereocenters. The minimum absolute atomic E-state index is 0.0809. The molecule has 0 aliphatic carbocycles. The number of hydrogen-bond donors (Lipinski definition) is 0. The van der Waals surface area contributed by atoms with Gasteiger partial charge in [-0.05, 0) is 12.1 Å². The smallest absolute Gasteiger partial charge is 0.275 e. The van der Waals surface area contributed by atoms with Crippen LogP contribution in [0.1, 0.15) is 5.69 Å². The Labute approximate surface area is 212 Å². The molecule has 36 heavy (non-hydrogen) atoms. The summed E-state index contributed by atoms with van der Waals surface area (Å²) in [6.45, 7) is 2.07. The van der Waals surface area contributed by atoms with Crippen molar-refractivity contribution in [1.82, 2.24) is 23.8 Å². The second-order valence-corrected chi connectivity index (χ2v) is 11.1. The van der Waals surface area contributed by atoms with Gasteiger partial charge in [-0.15, -0.1) is 0 Å². The summed E-state index contributed by atoms with van der Waals surface area (Å²) in [5.74, 6) is 0.717. The number of nitrogens with zero attached hydrogens (tertiary/aromatic N) is 5. The molecule has 0 amide bonds. The van der Waals surface area contributed by atoms with Gasteiger partial charge in [0.05, 0.1) is 19.9 Å². The molecule has 1 aliphatic rings. The van der Waals surface area contributed by atoms with E-state index in [2.05, 4.69) is 15.0 Å². The van der Waals surface area contributed by atoms with E-state index in [1.807, 2.05) is 30.3 Å². The number of hydrogen-bond acceptors (Lipinski definition) is 9. The van der Waals surface area contributed by atoms with Gasteiger partial charge in [-0.2, -0.15) is 13.9 Å². The molecule has 10 nitrogen and oxygen atoms in total. The Morgan fingerprint density at radius 2 is 1.72 bits per heavy atom. The normalized spacial score (nSPS) is 15.3. The van der Waals surface area contributed by atoms with Crippen molar-refractivity contribution in [3.8, 4) is 22.1 Å². The lowest BCUT2D eigenvalue weighted by Gasteiger charge is -2.34. The van der Waals surface area contributed by atoms with Gasteiger partial charge in [0, 0.05) is 50.4 Å². The monoisotopic (exact) mass is 527 g/mol. The lowest BCUT2D eigenvalue weighted by Crippen LogP contribution is -2.48. The summed E-state index contributed by atoms with van der Waals surface area (Å²) in [6.07, 6.45) is 0. The molecule has 0 atom stereocenters. The highest BCUT2D eigenvalue weighted by atomic mass is 32.2. The molecule has 0 N–H and O–H groups in total. The quantitative estimate of drug-likeness (QED) is 0.361. The molecule has 4 aromatic rings. The third-order valence-corrected chi connectivity index (χ3v) is 8.90. The molecule has 12 heteroatoms. The van der Waals surface area contributed by atoms with Crippen LogP contribution in [-0.4, -0.2) is 72.6 Å². The summed E-state index contributed by atoms with van der Waals surface area (Å²) in [7, 11) is -0.836. The predicted octanol–water partition coefficient (Wildman–Crippen LogP) is 2.34. The summed E-state index contributed by atoms with van der Waals surface area (Å²) < 4.78 is 39.9. The van der Waals surface area contributed by atoms with Gasteiger partial charge in [0.15, 0.2) is 0 Å². The predicted molar refractivity (Wildman–Crippen MR) is 136 cm³/mol.